The molecule has 0 unspecified atom stereocenters. The van der Waals surface area contributed by atoms with Crippen molar-refractivity contribution in [2.45, 2.75) is 66.0 Å². The van der Waals surface area contributed by atoms with Crippen molar-refractivity contribution in [1.82, 2.24) is 4.98 Å². The van der Waals surface area contributed by atoms with E-state index in [0.717, 1.165) is 40.1 Å². The van der Waals surface area contributed by atoms with Crippen LogP contribution < -0.4 is 5.73 Å². The summed E-state index contributed by atoms with van der Waals surface area (Å²) >= 11 is 0. The van der Waals surface area contributed by atoms with Crippen molar-refractivity contribution < 1.29 is 5.11 Å². The van der Waals surface area contributed by atoms with Crippen LogP contribution in [0.5, 0.6) is 0 Å². The molecule has 0 spiro atoms. The van der Waals surface area contributed by atoms with Gasteiger partial charge in [-0.1, -0.05) is 58.9 Å². The number of hydrogen-bond donors (Lipinski definition) is 2. The molecule has 1 heterocycles. The van der Waals surface area contributed by atoms with E-state index in [1.165, 1.54) is 5.56 Å². The number of rotatable bonds is 6. The summed E-state index contributed by atoms with van der Waals surface area (Å²) in [6, 6.07) is 8.37. The second-order valence-electron chi connectivity index (χ2n) is 6.94. The van der Waals surface area contributed by atoms with Gasteiger partial charge >= 0.3 is 0 Å². The number of aliphatic hydroxyl groups excluding tert-OH is 1. The first-order valence-corrected chi connectivity index (χ1v) is 8.90. The summed E-state index contributed by atoms with van der Waals surface area (Å²) in [5, 5.41) is 10.1. The molecule has 1 aromatic carbocycles. The average molecular weight is 326 g/mol. The van der Waals surface area contributed by atoms with E-state index in [0.29, 0.717) is 12.5 Å². The van der Waals surface area contributed by atoms with Crippen LogP contribution in [0.3, 0.4) is 0 Å². The molecule has 0 bridgehead atoms. The van der Waals surface area contributed by atoms with Gasteiger partial charge in [0.1, 0.15) is 0 Å². The summed E-state index contributed by atoms with van der Waals surface area (Å²) in [5.74, 6) is 0.630. The van der Waals surface area contributed by atoms with Gasteiger partial charge in [-0.05, 0) is 40.5 Å². The summed E-state index contributed by atoms with van der Waals surface area (Å²) in [7, 11) is 0. The molecule has 0 amide bonds. The number of nitrogens with zero attached hydrogens (tertiary/aromatic N) is 1. The molecule has 3 N–H and O–H groups in total. The zero-order chi connectivity index (χ0) is 17.9. The maximum absolute atomic E-state index is 10.1. The zero-order valence-electron chi connectivity index (χ0n) is 15.6. The van der Waals surface area contributed by atoms with Crippen molar-refractivity contribution >= 4 is 0 Å². The molecule has 0 radical (unpaired) electrons. The molecule has 0 aliphatic carbocycles. The molecular formula is C21H30N2O. The van der Waals surface area contributed by atoms with Crippen LogP contribution in [0.2, 0.25) is 0 Å². The van der Waals surface area contributed by atoms with Gasteiger partial charge < -0.3 is 10.8 Å². The SMILES string of the molecule is CCc1c(C(C)C)nc(C(C)C)c(CO)c1-c1ccc(CN)cc1. The van der Waals surface area contributed by atoms with Gasteiger partial charge in [0, 0.05) is 23.5 Å². The number of pyridine rings is 1. The lowest BCUT2D eigenvalue weighted by atomic mass is 9.86. The second kappa shape index (κ2) is 7.91. The third-order valence-electron chi connectivity index (χ3n) is 4.55. The Morgan fingerprint density at radius 1 is 0.958 bits per heavy atom. The highest BCUT2D eigenvalue weighted by Gasteiger charge is 2.22. The lowest BCUT2D eigenvalue weighted by Gasteiger charge is -2.23. The van der Waals surface area contributed by atoms with Crippen LogP contribution in [-0.4, -0.2) is 10.1 Å². The Hall–Kier alpha value is -1.71. The third kappa shape index (κ3) is 3.52. The average Bonchev–Trinajstić information content (AvgIpc) is 2.59. The fourth-order valence-corrected chi connectivity index (χ4v) is 3.33. The molecular weight excluding hydrogens is 296 g/mol. The van der Waals surface area contributed by atoms with Gasteiger partial charge in [-0.15, -0.1) is 0 Å². The van der Waals surface area contributed by atoms with Gasteiger partial charge in [0.25, 0.3) is 0 Å². The predicted molar refractivity (Wildman–Crippen MR) is 101 cm³/mol. The molecule has 24 heavy (non-hydrogen) atoms. The monoisotopic (exact) mass is 326 g/mol. The Bertz CT molecular complexity index is 654. The van der Waals surface area contributed by atoms with E-state index in [1.54, 1.807) is 0 Å². The van der Waals surface area contributed by atoms with Crippen LogP contribution in [-0.2, 0) is 19.6 Å². The second-order valence-corrected chi connectivity index (χ2v) is 6.94. The van der Waals surface area contributed by atoms with E-state index in [9.17, 15) is 5.11 Å². The van der Waals surface area contributed by atoms with Gasteiger partial charge in [-0.25, -0.2) is 0 Å². The number of benzene rings is 1. The normalized spacial score (nSPS) is 11.5. The minimum absolute atomic E-state index is 0.0138. The van der Waals surface area contributed by atoms with Gasteiger partial charge in [-0.3, -0.25) is 4.98 Å². The first kappa shape index (κ1) is 18.6. The van der Waals surface area contributed by atoms with Crippen LogP contribution in [0.25, 0.3) is 11.1 Å². The van der Waals surface area contributed by atoms with E-state index >= 15 is 0 Å². The summed E-state index contributed by atoms with van der Waals surface area (Å²) < 4.78 is 0. The Morgan fingerprint density at radius 2 is 1.50 bits per heavy atom. The smallest absolute Gasteiger partial charge is 0.0705 e. The van der Waals surface area contributed by atoms with E-state index in [4.69, 9.17) is 10.7 Å². The van der Waals surface area contributed by atoms with Gasteiger partial charge in [-0.2, -0.15) is 0 Å². The van der Waals surface area contributed by atoms with Crippen molar-refractivity contribution in [3.63, 3.8) is 0 Å². The molecule has 0 saturated carbocycles. The van der Waals surface area contributed by atoms with E-state index in [-0.39, 0.29) is 12.5 Å². The molecule has 1 aromatic heterocycles. The fraction of sp³-hybridized carbons (Fsp3) is 0.476. The van der Waals surface area contributed by atoms with Crippen molar-refractivity contribution in [2.75, 3.05) is 0 Å². The third-order valence-corrected chi connectivity index (χ3v) is 4.55. The molecule has 130 valence electrons. The topological polar surface area (TPSA) is 59.1 Å². The summed E-state index contributed by atoms with van der Waals surface area (Å²) in [6.45, 7) is 11.4. The molecule has 2 rings (SSSR count). The molecule has 3 heteroatoms. The lowest BCUT2D eigenvalue weighted by Crippen LogP contribution is -2.12. The van der Waals surface area contributed by atoms with Gasteiger partial charge in [0.2, 0.25) is 0 Å². The minimum atomic E-state index is 0.0138. The Balaban J connectivity index is 2.82. The van der Waals surface area contributed by atoms with Gasteiger partial charge in [0.15, 0.2) is 0 Å². The highest BCUT2D eigenvalue weighted by atomic mass is 16.3. The van der Waals surface area contributed by atoms with Crippen molar-refractivity contribution in [3.05, 3.63) is 52.3 Å². The summed E-state index contributed by atoms with van der Waals surface area (Å²) in [6.07, 6.45) is 0.903. The number of hydrogen-bond acceptors (Lipinski definition) is 3. The largest absolute Gasteiger partial charge is 0.392 e. The molecule has 0 fully saturated rings. The minimum Gasteiger partial charge on any atom is -0.392 e. The highest BCUT2D eigenvalue weighted by Crippen LogP contribution is 2.36. The Kier molecular flexibility index (Phi) is 6.14. The standard InChI is InChI=1S/C21H30N2O/c1-6-17-19(16-9-7-15(11-22)8-10-16)18(12-24)21(14(4)5)23-20(17)13(2)3/h7-10,13-14,24H,6,11-12,22H2,1-5H3. The number of nitrogens with two attached hydrogens (primary N) is 1. The van der Waals surface area contributed by atoms with Crippen molar-refractivity contribution in [2.24, 2.45) is 5.73 Å². The molecule has 0 aliphatic rings. The zero-order valence-corrected chi connectivity index (χ0v) is 15.6. The fourth-order valence-electron chi connectivity index (χ4n) is 3.33. The molecule has 3 nitrogen and oxygen atoms in total. The van der Waals surface area contributed by atoms with Gasteiger partial charge in [0.05, 0.1) is 6.61 Å². The van der Waals surface area contributed by atoms with Crippen LogP contribution in [0.15, 0.2) is 24.3 Å². The Labute approximate surface area is 145 Å². The van der Waals surface area contributed by atoms with Crippen LogP contribution in [0.4, 0.5) is 0 Å². The van der Waals surface area contributed by atoms with Crippen LogP contribution >= 0.6 is 0 Å². The van der Waals surface area contributed by atoms with Crippen molar-refractivity contribution in [1.29, 1.82) is 0 Å². The van der Waals surface area contributed by atoms with E-state index in [2.05, 4.69) is 58.9 Å². The molecule has 0 saturated heterocycles. The van der Waals surface area contributed by atoms with Crippen LogP contribution in [0.1, 0.15) is 74.5 Å². The molecule has 2 aromatic rings. The maximum Gasteiger partial charge on any atom is 0.0705 e. The first-order chi connectivity index (χ1) is 11.4. The van der Waals surface area contributed by atoms with E-state index in [1.807, 2.05) is 0 Å². The quantitative estimate of drug-likeness (QED) is 0.821. The Morgan fingerprint density at radius 3 is 1.92 bits per heavy atom. The molecule has 0 atom stereocenters. The number of aromatic nitrogens is 1. The number of aliphatic hydroxyl groups is 1. The lowest BCUT2D eigenvalue weighted by molar-refractivity contribution is 0.279. The first-order valence-electron chi connectivity index (χ1n) is 8.90. The molecule has 0 aliphatic heterocycles. The maximum atomic E-state index is 10.1. The summed E-state index contributed by atoms with van der Waals surface area (Å²) in [4.78, 5) is 4.95. The van der Waals surface area contributed by atoms with Crippen molar-refractivity contribution in [3.8, 4) is 11.1 Å². The van der Waals surface area contributed by atoms with Crippen LogP contribution in [0, 0.1) is 0 Å². The summed E-state index contributed by atoms with van der Waals surface area (Å²) in [5.41, 5.74) is 13.5. The predicted octanol–water partition coefficient (Wildman–Crippen LogP) is 4.51. The van der Waals surface area contributed by atoms with E-state index < -0.39 is 0 Å². The highest BCUT2D eigenvalue weighted by molar-refractivity contribution is 5.73.